The molecule has 7 atom stereocenters. The third-order valence-electron chi connectivity index (χ3n) is 11.2. The van der Waals surface area contributed by atoms with Crippen molar-refractivity contribution in [3.05, 3.63) is 72.6 Å². The Morgan fingerprint density at radius 1 is 0.929 bits per heavy atom. The lowest BCUT2D eigenvalue weighted by atomic mass is 9.54. The number of rotatable bonds is 1. The SMILES string of the molecule is O[C@@H]1/C=C\C[C@]2(O)C=C(c3nccc4c3[nH]c3ccccc34)C3CCN(CCCC1)C[C@@]31C[C@@H]3/C=C\CCCCN3[C@H]12. The van der Waals surface area contributed by atoms with Crippen LogP contribution in [0.15, 0.2) is 66.9 Å². The first-order valence-corrected chi connectivity index (χ1v) is 16.4. The topological polar surface area (TPSA) is 75.6 Å². The summed E-state index contributed by atoms with van der Waals surface area (Å²) in [5, 5.41) is 26.2. The van der Waals surface area contributed by atoms with Crippen molar-refractivity contribution in [2.24, 2.45) is 11.3 Å². The zero-order valence-corrected chi connectivity index (χ0v) is 24.6. The Bertz CT molecular complexity index is 1570. The van der Waals surface area contributed by atoms with E-state index in [1.54, 1.807) is 0 Å². The van der Waals surface area contributed by atoms with Crippen LogP contribution in [0.25, 0.3) is 27.4 Å². The summed E-state index contributed by atoms with van der Waals surface area (Å²) in [5.74, 6) is 0.324. The highest BCUT2D eigenvalue weighted by Crippen LogP contribution is 2.61. The Labute approximate surface area is 248 Å². The van der Waals surface area contributed by atoms with E-state index in [0.717, 1.165) is 81.4 Å². The van der Waals surface area contributed by atoms with Crippen LogP contribution >= 0.6 is 0 Å². The normalized spacial score (nSPS) is 38.8. The van der Waals surface area contributed by atoms with E-state index < -0.39 is 11.7 Å². The smallest absolute Gasteiger partial charge is 0.103 e. The lowest BCUT2D eigenvalue weighted by Crippen LogP contribution is -2.65. The van der Waals surface area contributed by atoms with Crippen molar-refractivity contribution in [2.45, 2.75) is 81.6 Å². The van der Waals surface area contributed by atoms with Gasteiger partial charge in [0.25, 0.3) is 0 Å². The summed E-state index contributed by atoms with van der Waals surface area (Å²) in [6.45, 7) is 4.17. The van der Waals surface area contributed by atoms with Crippen LogP contribution in [-0.2, 0) is 0 Å². The van der Waals surface area contributed by atoms with E-state index in [0.29, 0.717) is 18.4 Å². The summed E-state index contributed by atoms with van der Waals surface area (Å²) in [6, 6.07) is 11.0. The van der Waals surface area contributed by atoms with Crippen LogP contribution in [0.3, 0.4) is 0 Å². The number of pyridine rings is 1. The molecule has 1 aliphatic carbocycles. The molecule has 4 aliphatic heterocycles. The fourth-order valence-electron chi connectivity index (χ4n) is 9.60. The lowest BCUT2D eigenvalue weighted by molar-refractivity contribution is -0.0850. The molecule has 2 saturated heterocycles. The van der Waals surface area contributed by atoms with Gasteiger partial charge in [-0.25, -0.2) is 0 Å². The minimum absolute atomic E-state index is 0.0266. The van der Waals surface area contributed by atoms with Gasteiger partial charge >= 0.3 is 0 Å². The van der Waals surface area contributed by atoms with Crippen LogP contribution in [0.1, 0.15) is 63.5 Å². The maximum Gasteiger partial charge on any atom is 0.103 e. The molecular weight excluding hydrogens is 520 g/mol. The van der Waals surface area contributed by atoms with Gasteiger partial charge in [-0.1, -0.05) is 42.5 Å². The molecule has 220 valence electrons. The van der Waals surface area contributed by atoms with Gasteiger partial charge in [-0.3, -0.25) is 9.88 Å². The lowest BCUT2D eigenvalue weighted by Gasteiger charge is -2.58. The highest BCUT2D eigenvalue weighted by molar-refractivity contribution is 6.09. The molecule has 2 aromatic heterocycles. The number of aliphatic hydroxyl groups is 2. The molecule has 3 N–H and O–H groups in total. The molecule has 0 amide bonds. The Kier molecular flexibility index (Phi) is 6.67. The first kappa shape index (κ1) is 26.8. The van der Waals surface area contributed by atoms with Crippen molar-refractivity contribution < 1.29 is 10.2 Å². The van der Waals surface area contributed by atoms with Gasteiger partial charge < -0.3 is 20.1 Å². The summed E-state index contributed by atoms with van der Waals surface area (Å²) >= 11 is 0. The second-order valence-corrected chi connectivity index (χ2v) is 13.7. The zero-order valence-electron chi connectivity index (χ0n) is 24.6. The molecule has 5 aliphatic rings. The van der Waals surface area contributed by atoms with E-state index >= 15 is 0 Å². The number of hydrogen-bond donors (Lipinski definition) is 3. The Morgan fingerprint density at radius 3 is 2.79 bits per heavy atom. The average molecular weight is 565 g/mol. The van der Waals surface area contributed by atoms with Crippen molar-refractivity contribution in [2.75, 3.05) is 26.2 Å². The van der Waals surface area contributed by atoms with Gasteiger partial charge in [-0.2, -0.15) is 0 Å². The van der Waals surface area contributed by atoms with E-state index in [1.165, 1.54) is 29.2 Å². The number of fused-ring (bicyclic) bond motifs is 5. The van der Waals surface area contributed by atoms with Gasteiger partial charge in [0, 0.05) is 40.5 Å². The second kappa shape index (κ2) is 10.4. The molecule has 1 spiro atoms. The Balaban J connectivity index is 1.35. The van der Waals surface area contributed by atoms with Crippen molar-refractivity contribution in [1.29, 1.82) is 0 Å². The van der Waals surface area contributed by atoms with Gasteiger partial charge in [-0.15, -0.1) is 0 Å². The predicted molar refractivity (Wildman–Crippen MR) is 169 cm³/mol. The van der Waals surface area contributed by atoms with Crippen LogP contribution in [0, 0.1) is 11.3 Å². The number of H-pyrrole nitrogens is 1. The first-order chi connectivity index (χ1) is 20.6. The molecule has 6 heterocycles. The Hall–Kier alpha value is -2.77. The maximum absolute atomic E-state index is 13.0. The van der Waals surface area contributed by atoms with Crippen LogP contribution in [0.5, 0.6) is 0 Å². The highest BCUT2D eigenvalue weighted by atomic mass is 16.3. The predicted octanol–water partition coefficient (Wildman–Crippen LogP) is 5.83. The summed E-state index contributed by atoms with van der Waals surface area (Å²) in [6.07, 6.45) is 21.7. The first-order valence-electron chi connectivity index (χ1n) is 16.4. The van der Waals surface area contributed by atoms with E-state index in [2.05, 4.69) is 69.4 Å². The number of nitrogens with one attached hydrogen (secondary N) is 1. The van der Waals surface area contributed by atoms with E-state index in [4.69, 9.17) is 4.98 Å². The van der Waals surface area contributed by atoms with Gasteiger partial charge in [0.2, 0.25) is 0 Å². The van der Waals surface area contributed by atoms with Crippen LogP contribution in [0.4, 0.5) is 0 Å². The average Bonchev–Trinajstić information content (AvgIpc) is 3.50. The van der Waals surface area contributed by atoms with Gasteiger partial charge in [0.15, 0.2) is 0 Å². The largest absolute Gasteiger partial charge is 0.389 e. The number of hydrogen-bond acceptors (Lipinski definition) is 5. The fourth-order valence-corrected chi connectivity index (χ4v) is 9.60. The zero-order chi connectivity index (χ0) is 28.3. The minimum Gasteiger partial charge on any atom is -0.389 e. The standard InChI is InChI=1S/C36H44N4O2/c41-26-11-6-8-19-39-21-16-30-29(32-33-28(15-18-37-32)27-13-4-5-14-31(27)38-33)23-36(42,17-9-12-26)34-35(30,24-39)22-25-10-3-1-2-7-20-40(25)34/h3-5,9-10,12-15,18,23,25-26,30,34,38,41-42H,1-2,6-8,11,16-17,19-22,24H2/b10-3-,12-9-/t25-,26-,30?,34+,35-,36-/m0/s1. The van der Waals surface area contributed by atoms with Gasteiger partial charge in [-0.05, 0) is 107 Å². The molecule has 6 heteroatoms. The number of allylic oxidation sites excluding steroid dienone is 2. The van der Waals surface area contributed by atoms with Crippen LogP contribution in [-0.4, -0.2) is 79.9 Å². The number of para-hydroxylation sites is 1. The van der Waals surface area contributed by atoms with E-state index in [1.807, 2.05) is 12.3 Å². The number of piperidine rings is 1. The molecule has 0 saturated carbocycles. The third kappa shape index (κ3) is 4.25. The number of nitrogens with zero attached hydrogens (tertiary/aromatic N) is 3. The quantitative estimate of drug-likeness (QED) is 0.325. The number of aliphatic hydroxyl groups excluding tert-OH is 1. The van der Waals surface area contributed by atoms with E-state index in [-0.39, 0.29) is 11.5 Å². The molecule has 3 aromatic rings. The van der Waals surface area contributed by atoms with Crippen LogP contribution < -0.4 is 0 Å². The van der Waals surface area contributed by atoms with Gasteiger partial charge in [0.1, 0.15) is 5.60 Å². The third-order valence-corrected chi connectivity index (χ3v) is 11.2. The van der Waals surface area contributed by atoms with Crippen molar-refractivity contribution >= 4 is 27.4 Å². The van der Waals surface area contributed by atoms with Crippen molar-refractivity contribution in [1.82, 2.24) is 19.8 Å². The molecule has 6 nitrogen and oxygen atoms in total. The van der Waals surface area contributed by atoms with Crippen molar-refractivity contribution in [3.8, 4) is 0 Å². The number of benzene rings is 1. The summed E-state index contributed by atoms with van der Waals surface area (Å²) < 4.78 is 0. The maximum atomic E-state index is 13.0. The minimum atomic E-state index is -1.06. The molecule has 2 unspecified atom stereocenters. The van der Waals surface area contributed by atoms with Crippen molar-refractivity contribution in [3.63, 3.8) is 0 Å². The van der Waals surface area contributed by atoms with Gasteiger partial charge in [0.05, 0.1) is 23.4 Å². The number of aromatic amines is 1. The van der Waals surface area contributed by atoms with Crippen LogP contribution in [0.2, 0.25) is 0 Å². The molecule has 0 radical (unpaired) electrons. The summed E-state index contributed by atoms with van der Waals surface area (Å²) in [5.41, 5.74) is 3.29. The summed E-state index contributed by atoms with van der Waals surface area (Å²) in [7, 11) is 0. The molecule has 8 rings (SSSR count). The molecular formula is C36H44N4O2. The monoisotopic (exact) mass is 564 g/mol. The molecule has 2 fully saturated rings. The van der Waals surface area contributed by atoms with E-state index in [9.17, 15) is 10.2 Å². The fraction of sp³-hybridized carbons (Fsp3) is 0.528. The molecule has 42 heavy (non-hydrogen) atoms. The second-order valence-electron chi connectivity index (χ2n) is 13.7. The molecule has 1 aromatic carbocycles. The number of aromatic nitrogens is 2. The summed E-state index contributed by atoms with van der Waals surface area (Å²) in [4.78, 5) is 14.2. The highest BCUT2D eigenvalue weighted by Gasteiger charge is 2.65. The Morgan fingerprint density at radius 2 is 1.83 bits per heavy atom. The molecule has 3 bridgehead atoms.